The normalized spacial score (nSPS) is 23.5. The summed E-state index contributed by atoms with van der Waals surface area (Å²) in [4.78, 5) is 21.6. The van der Waals surface area contributed by atoms with Crippen molar-refractivity contribution in [3.05, 3.63) is 65.5 Å². The number of carbonyl (C=O) groups is 1. The largest absolute Gasteiger partial charge is 0.340 e. The molecule has 0 spiro atoms. The lowest BCUT2D eigenvalue weighted by Gasteiger charge is -2.34. The molecule has 1 amide bonds. The fraction of sp³-hybridized carbons (Fsp3) is 0.429. The molecule has 2 aromatic rings. The molecule has 1 saturated heterocycles. The van der Waals surface area contributed by atoms with E-state index in [4.69, 9.17) is 0 Å². The summed E-state index contributed by atoms with van der Waals surface area (Å²) in [6.07, 6.45) is 2.85. The van der Waals surface area contributed by atoms with Gasteiger partial charge < -0.3 is 4.90 Å². The molecule has 0 bridgehead atoms. The van der Waals surface area contributed by atoms with Gasteiger partial charge in [-0.15, -0.1) is 0 Å². The van der Waals surface area contributed by atoms with Crippen molar-refractivity contribution in [3.63, 3.8) is 0 Å². The molecular weight excluding hydrogens is 310 g/mol. The molecular formula is C21H25N3O. The Morgan fingerprint density at radius 2 is 1.96 bits per heavy atom. The average molecular weight is 335 g/mol. The van der Waals surface area contributed by atoms with Crippen LogP contribution in [-0.2, 0) is 11.3 Å². The Labute approximate surface area is 149 Å². The van der Waals surface area contributed by atoms with Crippen LogP contribution in [0.4, 0.5) is 0 Å². The summed E-state index contributed by atoms with van der Waals surface area (Å²) in [5.41, 5.74) is 3.70. The van der Waals surface area contributed by atoms with Gasteiger partial charge in [0.15, 0.2) is 0 Å². The topological polar surface area (TPSA) is 36.4 Å². The minimum atomic E-state index is 0.198. The zero-order valence-corrected chi connectivity index (χ0v) is 14.8. The van der Waals surface area contributed by atoms with Gasteiger partial charge in [-0.25, -0.2) is 0 Å². The molecule has 130 valence electrons. The molecule has 1 aliphatic carbocycles. The summed E-state index contributed by atoms with van der Waals surface area (Å²) >= 11 is 0. The number of amides is 1. The van der Waals surface area contributed by atoms with Crippen LogP contribution < -0.4 is 0 Å². The van der Waals surface area contributed by atoms with Gasteiger partial charge in [0.2, 0.25) is 5.91 Å². The second kappa shape index (κ2) is 6.96. The van der Waals surface area contributed by atoms with Crippen LogP contribution in [0, 0.1) is 12.8 Å². The quantitative estimate of drug-likeness (QED) is 0.862. The summed E-state index contributed by atoms with van der Waals surface area (Å²) < 4.78 is 0. The van der Waals surface area contributed by atoms with Crippen LogP contribution in [0.1, 0.15) is 29.2 Å². The zero-order chi connectivity index (χ0) is 17.2. The highest BCUT2D eigenvalue weighted by molar-refractivity contribution is 5.83. The van der Waals surface area contributed by atoms with Crippen molar-refractivity contribution in [2.75, 3.05) is 26.2 Å². The lowest BCUT2D eigenvalue weighted by atomic mass is 10.1. The molecule has 1 saturated carbocycles. The molecule has 1 aromatic heterocycles. The number of pyridine rings is 1. The number of carbonyl (C=O) groups excluding carboxylic acids is 1. The number of hydrogen-bond acceptors (Lipinski definition) is 3. The third-order valence-electron chi connectivity index (χ3n) is 5.37. The van der Waals surface area contributed by atoms with E-state index in [0.29, 0.717) is 11.8 Å². The smallest absolute Gasteiger partial charge is 0.226 e. The standard InChI is InChI=1S/C21H25N3O/c1-16-5-4-6-17(13-16)19-14-20(19)21(25)24-11-9-23(10-12-24)15-18-7-2-3-8-22-18/h2-8,13,19-20H,9-12,14-15H2,1H3/t19-,20+/m1/s1. The third kappa shape index (κ3) is 3.74. The number of nitrogens with zero attached hydrogens (tertiary/aromatic N) is 3. The molecule has 4 heteroatoms. The molecule has 25 heavy (non-hydrogen) atoms. The molecule has 2 aliphatic rings. The van der Waals surface area contributed by atoms with E-state index in [-0.39, 0.29) is 5.92 Å². The van der Waals surface area contributed by atoms with Gasteiger partial charge in [0.1, 0.15) is 0 Å². The first-order valence-corrected chi connectivity index (χ1v) is 9.18. The summed E-state index contributed by atoms with van der Waals surface area (Å²) in [6.45, 7) is 6.53. The maximum atomic E-state index is 12.8. The lowest BCUT2D eigenvalue weighted by Crippen LogP contribution is -2.48. The minimum absolute atomic E-state index is 0.198. The highest BCUT2D eigenvalue weighted by atomic mass is 16.2. The molecule has 2 fully saturated rings. The van der Waals surface area contributed by atoms with Crippen molar-refractivity contribution in [2.45, 2.75) is 25.8 Å². The van der Waals surface area contributed by atoms with Crippen molar-refractivity contribution in [1.29, 1.82) is 0 Å². The van der Waals surface area contributed by atoms with E-state index in [9.17, 15) is 4.79 Å². The monoisotopic (exact) mass is 335 g/mol. The number of benzene rings is 1. The van der Waals surface area contributed by atoms with Gasteiger partial charge in [-0.1, -0.05) is 35.9 Å². The second-order valence-corrected chi connectivity index (χ2v) is 7.29. The highest BCUT2D eigenvalue weighted by Gasteiger charge is 2.46. The van der Waals surface area contributed by atoms with Crippen LogP contribution in [0.3, 0.4) is 0 Å². The Bertz CT molecular complexity index is 738. The van der Waals surface area contributed by atoms with E-state index in [1.807, 2.05) is 18.3 Å². The average Bonchev–Trinajstić information content (AvgIpc) is 3.43. The van der Waals surface area contributed by atoms with Crippen molar-refractivity contribution in [2.24, 2.45) is 5.92 Å². The molecule has 1 aliphatic heterocycles. The fourth-order valence-corrected chi connectivity index (χ4v) is 3.82. The number of piperazine rings is 1. The Kier molecular flexibility index (Phi) is 4.53. The number of aromatic nitrogens is 1. The van der Waals surface area contributed by atoms with Crippen LogP contribution in [0.5, 0.6) is 0 Å². The Morgan fingerprint density at radius 3 is 2.68 bits per heavy atom. The zero-order valence-electron chi connectivity index (χ0n) is 14.8. The maximum absolute atomic E-state index is 12.8. The van der Waals surface area contributed by atoms with Gasteiger partial charge in [0, 0.05) is 44.8 Å². The van der Waals surface area contributed by atoms with Gasteiger partial charge in [-0.2, -0.15) is 0 Å². The summed E-state index contributed by atoms with van der Waals surface area (Å²) in [5, 5.41) is 0. The molecule has 0 unspecified atom stereocenters. The fourth-order valence-electron chi connectivity index (χ4n) is 3.82. The molecule has 4 rings (SSSR count). The summed E-state index contributed by atoms with van der Waals surface area (Å²) in [6, 6.07) is 14.6. The van der Waals surface area contributed by atoms with E-state index in [0.717, 1.165) is 44.8 Å². The van der Waals surface area contributed by atoms with Gasteiger partial charge in [-0.3, -0.25) is 14.7 Å². The van der Waals surface area contributed by atoms with Crippen molar-refractivity contribution in [1.82, 2.24) is 14.8 Å². The van der Waals surface area contributed by atoms with E-state index in [1.54, 1.807) is 0 Å². The molecule has 2 heterocycles. The van der Waals surface area contributed by atoms with Gasteiger partial charge in [0.05, 0.1) is 5.69 Å². The Morgan fingerprint density at radius 1 is 1.12 bits per heavy atom. The van der Waals surface area contributed by atoms with E-state index in [2.05, 4.69) is 52.0 Å². The molecule has 4 nitrogen and oxygen atoms in total. The van der Waals surface area contributed by atoms with Gasteiger partial charge in [-0.05, 0) is 37.0 Å². The van der Waals surface area contributed by atoms with Crippen LogP contribution in [0.2, 0.25) is 0 Å². The maximum Gasteiger partial charge on any atom is 0.226 e. The predicted octanol–water partition coefficient (Wildman–Crippen LogP) is 2.84. The number of hydrogen-bond donors (Lipinski definition) is 0. The molecule has 0 N–H and O–H groups in total. The highest BCUT2D eigenvalue weighted by Crippen LogP contribution is 2.48. The molecule has 2 atom stereocenters. The van der Waals surface area contributed by atoms with Crippen molar-refractivity contribution >= 4 is 5.91 Å². The van der Waals surface area contributed by atoms with E-state index >= 15 is 0 Å². The van der Waals surface area contributed by atoms with Crippen molar-refractivity contribution in [3.8, 4) is 0 Å². The van der Waals surface area contributed by atoms with Crippen molar-refractivity contribution < 1.29 is 4.79 Å². The van der Waals surface area contributed by atoms with Gasteiger partial charge >= 0.3 is 0 Å². The Hall–Kier alpha value is -2.20. The van der Waals surface area contributed by atoms with E-state index in [1.165, 1.54) is 11.1 Å². The predicted molar refractivity (Wildman–Crippen MR) is 98.1 cm³/mol. The number of rotatable bonds is 4. The second-order valence-electron chi connectivity index (χ2n) is 7.29. The van der Waals surface area contributed by atoms with Gasteiger partial charge in [0.25, 0.3) is 0 Å². The first-order valence-electron chi connectivity index (χ1n) is 9.18. The Balaban J connectivity index is 1.29. The third-order valence-corrected chi connectivity index (χ3v) is 5.37. The van der Waals surface area contributed by atoms with Crippen LogP contribution in [0.15, 0.2) is 48.7 Å². The first kappa shape index (κ1) is 16.3. The SMILES string of the molecule is Cc1cccc([C@H]2C[C@@H]2C(=O)N2CCN(Cc3ccccn3)CC2)c1. The van der Waals surface area contributed by atoms with E-state index < -0.39 is 0 Å². The summed E-state index contributed by atoms with van der Waals surface area (Å²) in [7, 11) is 0. The van der Waals surface area contributed by atoms with Crippen LogP contribution >= 0.6 is 0 Å². The molecule has 0 radical (unpaired) electrons. The first-order chi connectivity index (χ1) is 12.2. The minimum Gasteiger partial charge on any atom is -0.340 e. The number of aryl methyl sites for hydroxylation is 1. The van der Waals surface area contributed by atoms with Crippen LogP contribution in [-0.4, -0.2) is 46.9 Å². The lowest BCUT2D eigenvalue weighted by molar-refractivity contribution is -0.134. The summed E-state index contributed by atoms with van der Waals surface area (Å²) in [5.74, 6) is 0.979. The van der Waals surface area contributed by atoms with Crippen LogP contribution in [0.25, 0.3) is 0 Å². The molecule has 1 aromatic carbocycles.